The van der Waals surface area contributed by atoms with Crippen LogP contribution in [0.4, 0.5) is 0 Å². The maximum Gasteiger partial charge on any atom is 0.326 e. The molecule has 0 spiro atoms. The largest absolute Gasteiger partial charge is 0.480 e. The number of thioether (sulfide) groups is 1. The van der Waals surface area contributed by atoms with E-state index in [4.69, 9.17) is 5.73 Å². The molecule has 0 aliphatic carbocycles. The number of hydrogen-bond acceptors (Lipinski definition) is 6. The third kappa shape index (κ3) is 8.59. The van der Waals surface area contributed by atoms with Crippen molar-refractivity contribution < 1.29 is 24.3 Å². The molecule has 10 nitrogen and oxygen atoms in total. The van der Waals surface area contributed by atoms with Gasteiger partial charge in [-0.15, -0.1) is 0 Å². The van der Waals surface area contributed by atoms with Gasteiger partial charge in [0, 0.05) is 23.5 Å². The Morgan fingerprint density at radius 2 is 1.69 bits per heavy atom. The Morgan fingerprint density at radius 3 is 2.31 bits per heavy atom. The third-order valence-electron chi connectivity index (χ3n) is 5.50. The number of rotatable bonds is 14. The van der Waals surface area contributed by atoms with Crippen LogP contribution < -0.4 is 21.7 Å². The lowest BCUT2D eigenvalue weighted by molar-refractivity contribution is -0.142. The highest BCUT2D eigenvalue weighted by atomic mass is 32.2. The molecule has 0 fully saturated rings. The van der Waals surface area contributed by atoms with E-state index in [0.29, 0.717) is 18.6 Å². The fraction of sp³-hybridized carbons (Fsp3) is 0.500. The average molecular weight is 506 g/mol. The van der Waals surface area contributed by atoms with E-state index in [-0.39, 0.29) is 18.9 Å². The number of amides is 3. The predicted octanol–water partition coefficient (Wildman–Crippen LogP) is 1.01. The standard InChI is InChI=1S/C24H35N5O5S/c1-14(2)10-19(28-22(31)18(8-9-35-3)27-21(30)12-25)23(32)29-20(24(33)34)11-15-13-26-17-7-5-4-6-16(15)17/h4-7,13-14,18-20,26H,8-12,25H2,1-3H3,(H,27,30)(H,28,31)(H,29,32)(H,33,34). The quantitative estimate of drug-likeness (QED) is 0.223. The number of carboxylic acids is 1. The molecule has 7 N–H and O–H groups in total. The van der Waals surface area contributed by atoms with Crippen LogP contribution in [-0.4, -0.2) is 70.5 Å². The van der Waals surface area contributed by atoms with Gasteiger partial charge in [-0.25, -0.2) is 4.79 Å². The first-order valence-electron chi connectivity index (χ1n) is 11.5. The first kappa shape index (κ1) is 28.2. The number of benzene rings is 1. The molecule has 3 atom stereocenters. The number of hydrogen-bond donors (Lipinski definition) is 6. The van der Waals surface area contributed by atoms with Crippen LogP contribution in [0.2, 0.25) is 0 Å². The van der Waals surface area contributed by atoms with Crippen molar-refractivity contribution in [3.8, 4) is 0 Å². The molecule has 1 aromatic carbocycles. The van der Waals surface area contributed by atoms with E-state index in [0.717, 1.165) is 16.5 Å². The van der Waals surface area contributed by atoms with Crippen molar-refractivity contribution in [2.75, 3.05) is 18.6 Å². The van der Waals surface area contributed by atoms with Crippen LogP contribution in [0.5, 0.6) is 0 Å². The van der Waals surface area contributed by atoms with E-state index < -0.39 is 41.8 Å². The summed E-state index contributed by atoms with van der Waals surface area (Å²) in [5.74, 6) is -2.08. The van der Waals surface area contributed by atoms with Crippen LogP contribution in [0.1, 0.15) is 32.3 Å². The molecule has 0 saturated heterocycles. The summed E-state index contributed by atoms with van der Waals surface area (Å²) in [6, 6.07) is 4.52. The number of carboxylic acid groups (broad SMARTS) is 1. The summed E-state index contributed by atoms with van der Waals surface area (Å²) < 4.78 is 0. The van der Waals surface area contributed by atoms with Gasteiger partial charge in [-0.2, -0.15) is 11.8 Å². The van der Waals surface area contributed by atoms with Crippen LogP contribution in [0.15, 0.2) is 30.5 Å². The number of carbonyl (C=O) groups excluding carboxylic acids is 3. The van der Waals surface area contributed by atoms with Crippen molar-refractivity contribution >= 4 is 46.4 Å². The van der Waals surface area contributed by atoms with Crippen LogP contribution in [0.3, 0.4) is 0 Å². The molecule has 3 amide bonds. The molecule has 192 valence electrons. The Bertz CT molecular complexity index is 1020. The van der Waals surface area contributed by atoms with Crippen LogP contribution >= 0.6 is 11.8 Å². The minimum absolute atomic E-state index is 0.0474. The zero-order valence-electron chi connectivity index (χ0n) is 20.3. The molecule has 11 heteroatoms. The lowest BCUT2D eigenvalue weighted by atomic mass is 10.0. The molecule has 0 aliphatic heterocycles. The van der Waals surface area contributed by atoms with Crippen LogP contribution in [0.25, 0.3) is 10.9 Å². The Morgan fingerprint density at radius 1 is 1.03 bits per heavy atom. The molecule has 0 bridgehead atoms. The summed E-state index contributed by atoms with van der Waals surface area (Å²) >= 11 is 1.52. The third-order valence-corrected chi connectivity index (χ3v) is 6.15. The second kappa shape index (κ2) is 13.7. The van der Waals surface area contributed by atoms with Crippen molar-refractivity contribution in [3.63, 3.8) is 0 Å². The highest BCUT2D eigenvalue weighted by Crippen LogP contribution is 2.19. The van der Waals surface area contributed by atoms with Crippen molar-refractivity contribution in [2.45, 2.75) is 51.2 Å². The number of nitrogens with two attached hydrogens (primary N) is 1. The number of para-hydroxylation sites is 1. The Balaban J connectivity index is 2.16. The van der Waals surface area contributed by atoms with Gasteiger partial charge in [0.1, 0.15) is 18.1 Å². The van der Waals surface area contributed by atoms with Gasteiger partial charge in [0.05, 0.1) is 6.54 Å². The molecule has 1 aromatic heterocycles. The lowest BCUT2D eigenvalue weighted by Gasteiger charge is -2.25. The highest BCUT2D eigenvalue weighted by Gasteiger charge is 2.30. The van der Waals surface area contributed by atoms with Gasteiger partial charge in [0.25, 0.3) is 0 Å². The minimum Gasteiger partial charge on any atom is -0.480 e. The van der Waals surface area contributed by atoms with Gasteiger partial charge in [-0.05, 0) is 42.4 Å². The van der Waals surface area contributed by atoms with Gasteiger partial charge < -0.3 is 31.8 Å². The fourth-order valence-corrected chi connectivity index (χ4v) is 4.20. The van der Waals surface area contributed by atoms with Gasteiger partial charge in [0.2, 0.25) is 17.7 Å². The van der Waals surface area contributed by atoms with E-state index in [1.165, 1.54) is 11.8 Å². The SMILES string of the molecule is CSCCC(NC(=O)CN)C(=O)NC(CC(C)C)C(=O)NC(Cc1c[nH]c2ccccc12)C(=O)O. The number of H-pyrrole nitrogens is 1. The molecule has 2 rings (SSSR count). The number of nitrogens with one attached hydrogen (secondary N) is 4. The molecule has 2 aromatic rings. The van der Waals surface area contributed by atoms with E-state index in [1.54, 1.807) is 6.20 Å². The molecular formula is C24H35N5O5S. The summed E-state index contributed by atoms with van der Waals surface area (Å²) in [7, 11) is 0. The Labute approximate surface area is 209 Å². The summed E-state index contributed by atoms with van der Waals surface area (Å²) in [4.78, 5) is 52.9. The predicted molar refractivity (Wildman–Crippen MR) is 137 cm³/mol. The normalized spacial score (nSPS) is 13.7. The molecule has 1 heterocycles. The topological polar surface area (TPSA) is 166 Å². The summed E-state index contributed by atoms with van der Waals surface area (Å²) in [5.41, 5.74) is 7.00. The van der Waals surface area contributed by atoms with Crippen molar-refractivity contribution in [1.29, 1.82) is 0 Å². The van der Waals surface area contributed by atoms with Crippen molar-refractivity contribution in [3.05, 3.63) is 36.0 Å². The molecule has 0 saturated carbocycles. The maximum absolute atomic E-state index is 13.1. The highest BCUT2D eigenvalue weighted by molar-refractivity contribution is 7.98. The smallest absolute Gasteiger partial charge is 0.326 e. The maximum atomic E-state index is 13.1. The summed E-state index contributed by atoms with van der Waals surface area (Å²) in [6.07, 6.45) is 4.37. The van der Waals surface area contributed by atoms with Crippen molar-refractivity contribution in [1.82, 2.24) is 20.9 Å². The first-order valence-corrected chi connectivity index (χ1v) is 12.9. The number of aromatic amines is 1. The molecule has 0 aliphatic rings. The molecule has 0 radical (unpaired) electrons. The summed E-state index contributed by atoms with van der Waals surface area (Å²) in [5, 5.41) is 18.5. The number of fused-ring (bicyclic) bond motifs is 1. The molecule has 3 unspecified atom stereocenters. The fourth-order valence-electron chi connectivity index (χ4n) is 3.73. The second-order valence-electron chi connectivity index (χ2n) is 8.76. The number of aromatic nitrogens is 1. The summed E-state index contributed by atoms with van der Waals surface area (Å²) in [6.45, 7) is 3.54. The van der Waals surface area contributed by atoms with E-state index in [1.807, 2.05) is 44.4 Å². The Kier molecular flexibility index (Phi) is 11.1. The monoisotopic (exact) mass is 505 g/mol. The van der Waals surface area contributed by atoms with E-state index >= 15 is 0 Å². The zero-order valence-corrected chi connectivity index (χ0v) is 21.1. The van der Waals surface area contributed by atoms with Crippen LogP contribution in [0, 0.1) is 5.92 Å². The lowest BCUT2D eigenvalue weighted by Crippen LogP contribution is -2.56. The molecular weight excluding hydrogens is 470 g/mol. The van der Waals surface area contributed by atoms with Gasteiger partial charge in [-0.3, -0.25) is 14.4 Å². The molecule has 35 heavy (non-hydrogen) atoms. The van der Waals surface area contributed by atoms with Gasteiger partial charge >= 0.3 is 5.97 Å². The Hall–Kier alpha value is -3.05. The minimum atomic E-state index is -1.18. The second-order valence-corrected chi connectivity index (χ2v) is 9.75. The van der Waals surface area contributed by atoms with Gasteiger partial charge in [-0.1, -0.05) is 32.0 Å². The average Bonchev–Trinajstić information content (AvgIpc) is 3.22. The zero-order chi connectivity index (χ0) is 26.0. The van der Waals surface area contributed by atoms with E-state index in [9.17, 15) is 24.3 Å². The van der Waals surface area contributed by atoms with Gasteiger partial charge in [0.15, 0.2) is 0 Å². The number of aliphatic carboxylic acids is 1. The van der Waals surface area contributed by atoms with Crippen molar-refractivity contribution in [2.24, 2.45) is 11.7 Å². The van der Waals surface area contributed by atoms with E-state index in [2.05, 4.69) is 20.9 Å². The van der Waals surface area contributed by atoms with Crippen LogP contribution in [-0.2, 0) is 25.6 Å². The first-order chi connectivity index (χ1) is 16.7. The number of carbonyl (C=O) groups is 4.